The van der Waals surface area contributed by atoms with Crippen LogP contribution >= 0.6 is 0 Å². The molecular weight excluding hydrogens is 316 g/mol. The molecule has 2 rings (SSSR count). The predicted octanol–water partition coefficient (Wildman–Crippen LogP) is 3.96. The number of carbonyl (C=O) groups excluding carboxylic acids is 1. The third-order valence-corrected chi connectivity index (χ3v) is 3.80. The molecule has 0 heterocycles. The van der Waals surface area contributed by atoms with Crippen molar-refractivity contribution in [1.29, 1.82) is 0 Å². The summed E-state index contributed by atoms with van der Waals surface area (Å²) in [6.45, 7) is 0.682. The van der Waals surface area contributed by atoms with Crippen LogP contribution in [0.25, 0.3) is 6.08 Å². The van der Waals surface area contributed by atoms with E-state index in [-0.39, 0.29) is 17.4 Å². The minimum atomic E-state index is -2.91. The third-order valence-electron chi connectivity index (χ3n) is 3.80. The van der Waals surface area contributed by atoms with Gasteiger partial charge in [-0.3, -0.25) is 4.79 Å². The van der Waals surface area contributed by atoms with E-state index in [1.54, 1.807) is 18.2 Å². The van der Waals surface area contributed by atoms with Gasteiger partial charge in [-0.05, 0) is 49.0 Å². The molecule has 0 aromatic heterocycles. The van der Waals surface area contributed by atoms with Crippen LogP contribution in [0.2, 0.25) is 0 Å². The van der Waals surface area contributed by atoms with Crippen LogP contribution in [-0.2, 0) is 4.79 Å². The molecule has 0 unspecified atom stereocenters. The van der Waals surface area contributed by atoms with Crippen molar-refractivity contribution in [3.05, 3.63) is 29.8 Å². The normalized spacial score (nSPS) is 14.2. The van der Waals surface area contributed by atoms with Crippen LogP contribution in [0.5, 0.6) is 11.5 Å². The zero-order valence-electron chi connectivity index (χ0n) is 14.0. The zero-order chi connectivity index (χ0) is 17.5. The quantitative estimate of drug-likeness (QED) is 0.639. The first-order chi connectivity index (χ1) is 11.5. The van der Waals surface area contributed by atoms with Crippen LogP contribution < -0.4 is 9.47 Å². The van der Waals surface area contributed by atoms with Crippen LogP contribution in [0.15, 0.2) is 24.3 Å². The predicted molar refractivity (Wildman–Crippen MR) is 88.3 cm³/mol. The Hall–Kier alpha value is -2.11. The molecule has 1 fully saturated rings. The lowest BCUT2D eigenvalue weighted by atomic mass is 10.2. The topological polar surface area (TPSA) is 38.8 Å². The Morgan fingerprint density at radius 1 is 1.38 bits per heavy atom. The van der Waals surface area contributed by atoms with Crippen molar-refractivity contribution in [2.45, 2.75) is 32.8 Å². The van der Waals surface area contributed by atoms with Crippen LogP contribution in [0.3, 0.4) is 0 Å². The number of ether oxygens (including phenoxy) is 2. The van der Waals surface area contributed by atoms with Gasteiger partial charge in [-0.1, -0.05) is 13.0 Å². The van der Waals surface area contributed by atoms with E-state index in [1.165, 1.54) is 32.1 Å². The molecule has 1 amide bonds. The number of benzene rings is 1. The summed E-state index contributed by atoms with van der Waals surface area (Å²) in [6, 6.07) is 4.57. The molecule has 1 aromatic carbocycles. The SMILES string of the molecule is CCCN(CC1CC1)C(=O)C=Cc1ccc(OC(F)F)c(OC)c1. The van der Waals surface area contributed by atoms with E-state index in [0.29, 0.717) is 11.5 Å². The van der Waals surface area contributed by atoms with E-state index in [1.807, 2.05) is 11.8 Å². The first-order valence-corrected chi connectivity index (χ1v) is 8.13. The summed E-state index contributed by atoms with van der Waals surface area (Å²) >= 11 is 0. The number of hydrogen-bond acceptors (Lipinski definition) is 3. The maximum atomic E-state index is 12.3. The van der Waals surface area contributed by atoms with Gasteiger partial charge in [0, 0.05) is 19.2 Å². The summed E-state index contributed by atoms with van der Waals surface area (Å²) in [6.07, 6.45) is 6.48. The summed E-state index contributed by atoms with van der Waals surface area (Å²) in [5.41, 5.74) is 0.685. The van der Waals surface area contributed by atoms with Crippen molar-refractivity contribution >= 4 is 12.0 Å². The minimum absolute atomic E-state index is 0.0303. The molecule has 1 aromatic rings. The first-order valence-electron chi connectivity index (χ1n) is 8.13. The van der Waals surface area contributed by atoms with Crippen LogP contribution in [0, 0.1) is 5.92 Å². The van der Waals surface area contributed by atoms with Gasteiger partial charge in [-0.2, -0.15) is 8.78 Å². The number of carbonyl (C=O) groups is 1. The summed E-state index contributed by atoms with van der Waals surface area (Å²) in [5, 5.41) is 0. The van der Waals surface area contributed by atoms with Crippen LogP contribution in [0.1, 0.15) is 31.7 Å². The summed E-state index contributed by atoms with van der Waals surface area (Å²) in [5.74, 6) is 0.779. The van der Waals surface area contributed by atoms with Crippen molar-refractivity contribution in [2.24, 2.45) is 5.92 Å². The van der Waals surface area contributed by atoms with Gasteiger partial charge in [-0.25, -0.2) is 0 Å². The van der Waals surface area contributed by atoms with Crippen molar-refractivity contribution in [3.63, 3.8) is 0 Å². The van der Waals surface area contributed by atoms with Gasteiger partial charge < -0.3 is 14.4 Å². The van der Waals surface area contributed by atoms with E-state index in [2.05, 4.69) is 4.74 Å². The van der Waals surface area contributed by atoms with Crippen molar-refractivity contribution in [3.8, 4) is 11.5 Å². The number of amides is 1. The molecule has 1 aliphatic carbocycles. The molecule has 0 spiro atoms. The molecule has 4 nitrogen and oxygen atoms in total. The van der Waals surface area contributed by atoms with Gasteiger partial charge in [0.1, 0.15) is 0 Å². The van der Waals surface area contributed by atoms with Gasteiger partial charge in [0.2, 0.25) is 5.91 Å². The highest BCUT2D eigenvalue weighted by Gasteiger charge is 2.25. The van der Waals surface area contributed by atoms with E-state index >= 15 is 0 Å². The Balaban J connectivity index is 2.04. The molecule has 24 heavy (non-hydrogen) atoms. The Morgan fingerprint density at radius 3 is 2.71 bits per heavy atom. The number of methoxy groups -OCH3 is 1. The summed E-state index contributed by atoms with van der Waals surface area (Å²) in [4.78, 5) is 14.2. The number of halogens is 2. The Bertz CT molecular complexity index is 586. The molecule has 6 heteroatoms. The van der Waals surface area contributed by atoms with Gasteiger partial charge in [0.15, 0.2) is 11.5 Å². The lowest BCUT2D eigenvalue weighted by Crippen LogP contribution is -2.32. The van der Waals surface area contributed by atoms with Gasteiger partial charge in [0.05, 0.1) is 7.11 Å². The average Bonchev–Trinajstić information content (AvgIpc) is 3.36. The second kappa shape index (κ2) is 8.66. The zero-order valence-corrected chi connectivity index (χ0v) is 14.0. The largest absolute Gasteiger partial charge is 0.493 e. The Kier molecular flexibility index (Phi) is 6.58. The van der Waals surface area contributed by atoms with Gasteiger partial charge in [0.25, 0.3) is 0 Å². The molecule has 0 aliphatic heterocycles. The van der Waals surface area contributed by atoms with Crippen molar-refractivity contribution < 1.29 is 23.0 Å². The molecule has 1 aliphatic rings. The fraction of sp³-hybridized carbons (Fsp3) is 0.500. The molecule has 132 valence electrons. The lowest BCUT2D eigenvalue weighted by Gasteiger charge is -2.20. The van der Waals surface area contributed by atoms with Crippen molar-refractivity contribution in [1.82, 2.24) is 4.90 Å². The van der Waals surface area contributed by atoms with E-state index in [4.69, 9.17) is 4.74 Å². The summed E-state index contributed by atoms with van der Waals surface area (Å²) in [7, 11) is 1.38. The highest BCUT2D eigenvalue weighted by molar-refractivity contribution is 5.91. The molecule has 0 saturated heterocycles. The fourth-order valence-corrected chi connectivity index (χ4v) is 2.43. The number of nitrogens with zero attached hydrogens (tertiary/aromatic N) is 1. The first kappa shape index (κ1) is 18.2. The fourth-order valence-electron chi connectivity index (χ4n) is 2.43. The number of hydrogen-bond donors (Lipinski definition) is 0. The van der Waals surface area contributed by atoms with E-state index in [0.717, 1.165) is 19.5 Å². The molecule has 0 atom stereocenters. The van der Waals surface area contributed by atoms with Crippen molar-refractivity contribution in [2.75, 3.05) is 20.2 Å². The number of alkyl halides is 2. The highest BCUT2D eigenvalue weighted by atomic mass is 19.3. The minimum Gasteiger partial charge on any atom is -0.493 e. The summed E-state index contributed by atoms with van der Waals surface area (Å²) < 4.78 is 34.1. The van der Waals surface area contributed by atoms with E-state index in [9.17, 15) is 13.6 Å². The Morgan fingerprint density at radius 2 is 2.12 bits per heavy atom. The van der Waals surface area contributed by atoms with Gasteiger partial charge in [-0.15, -0.1) is 0 Å². The standard InChI is InChI=1S/C18H23F2NO3/c1-3-10-21(12-14-4-5-14)17(22)9-7-13-6-8-15(24-18(19)20)16(11-13)23-2/h6-9,11,14,18H,3-5,10,12H2,1-2H3. The molecule has 0 bridgehead atoms. The van der Waals surface area contributed by atoms with Crippen LogP contribution in [0.4, 0.5) is 8.78 Å². The molecule has 1 saturated carbocycles. The second-order valence-corrected chi connectivity index (χ2v) is 5.85. The molecular formula is C18H23F2NO3. The average molecular weight is 339 g/mol. The molecule has 0 radical (unpaired) electrons. The number of rotatable bonds is 9. The molecule has 0 N–H and O–H groups in total. The Labute approximate surface area is 141 Å². The van der Waals surface area contributed by atoms with E-state index < -0.39 is 6.61 Å². The van der Waals surface area contributed by atoms with Gasteiger partial charge >= 0.3 is 6.61 Å². The third kappa shape index (κ3) is 5.51. The highest BCUT2D eigenvalue weighted by Crippen LogP contribution is 2.31. The monoisotopic (exact) mass is 339 g/mol. The maximum absolute atomic E-state index is 12.3. The van der Waals surface area contributed by atoms with Crippen LogP contribution in [-0.4, -0.2) is 37.6 Å². The smallest absolute Gasteiger partial charge is 0.387 e. The second-order valence-electron chi connectivity index (χ2n) is 5.85. The lowest BCUT2D eigenvalue weighted by molar-refractivity contribution is -0.126. The maximum Gasteiger partial charge on any atom is 0.387 e.